The van der Waals surface area contributed by atoms with Crippen molar-refractivity contribution in [1.29, 1.82) is 0 Å². The first-order valence-electron chi connectivity index (χ1n) is 6.64. The molecule has 3 heteroatoms. The lowest BCUT2D eigenvalue weighted by Gasteiger charge is -2.15. The second kappa shape index (κ2) is 6.23. The van der Waals surface area contributed by atoms with Crippen LogP contribution in [0.4, 0.5) is 5.69 Å². The van der Waals surface area contributed by atoms with Crippen LogP contribution >= 0.6 is 0 Å². The highest BCUT2D eigenvalue weighted by Gasteiger charge is 2.10. The van der Waals surface area contributed by atoms with Gasteiger partial charge in [0.1, 0.15) is 11.5 Å². The third-order valence-electron chi connectivity index (χ3n) is 3.29. The van der Waals surface area contributed by atoms with E-state index in [1.165, 1.54) is 5.56 Å². The van der Waals surface area contributed by atoms with E-state index in [-0.39, 0.29) is 0 Å². The maximum absolute atomic E-state index is 5.97. The molecule has 0 saturated heterocycles. The van der Waals surface area contributed by atoms with Gasteiger partial charge in [0.15, 0.2) is 0 Å². The maximum Gasteiger partial charge on any atom is 0.147 e. The molecule has 2 rings (SSSR count). The third kappa shape index (κ3) is 3.25. The molecular weight excluding hydrogens is 236 g/mol. The number of ether oxygens (including phenoxy) is 1. The highest BCUT2D eigenvalue weighted by Crippen LogP contribution is 2.32. The largest absolute Gasteiger partial charge is 0.455 e. The molecule has 100 valence electrons. The van der Waals surface area contributed by atoms with Crippen molar-refractivity contribution in [1.82, 2.24) is 4.98 Å². The maximum atomic E-state index is 5.97. The second-order valence-electron chi connectivity index (χ2n) is 4.61. The van der Waals surface area contributed by atoms with Crippen molar-refractivity contribution in [3.05, 3.63) is 48.3 Å². The van der Waals surface area contributed by atoms with Gasteiger partial charge in [-0.1, -0.05) is 32.0 Å². The predicted octanol–water partition coefficient (Wildman–Crippen LogP) is 4.43. The molecule has 0 aliphatic carbocycles. The number of nitrogens with zero attached hydrogens (tertiary/aromatic N) is 1. The molecule has 3 nitrogen and oxygen atoms in total. The zero-order valence-corrected chi connectivity index (χ0v) is 11.7. The molecule has 0 aliphatic rings. The smallest absolute Gasteiger partial charge is 0.147 e. The summed E-state index contributed by atoms with van der Waals surface area (Å²) in [4.78, 5) is 4.16. The molecule has 0 aliphatic heterocycles. The number of hydrogen-bond acceptors (Lipinski definition) is 3. The highest BCUT2D eigenvalue weighted by atomic mass is 16.5. The first kappa shape index (κ1) is 13.4. The summed E-state index contributed by atoms with van der Waals surface area (Å²) in [6.07, 6.45) is 4.59. The van der Waals surface area contributed by atoms with Gasteiger partial charge in [-0.25, -0.2) is 0 Å². The van der Waals surface area contributed by atoms with Gasteiger partial charge in [0, 0.05) is 13.1 Å². The molecule has 0 bridgehead atoms. The van der Waals surface area contributed by atoms with Crippen LogP contribution < -0.4 is 10.1 Å². The van der Waals surface area contributed by atoms with Crippen molar-refractivity contribution in [3.63, 3.8) is 0 Å². The van der Waals surface area contributed by atoms with Crippen molar-refractivity contribution in [2.75, 3.05) is 12.4 Å². The van der Waals surface area contributed by atoms with Gasteiger partial charge in [0.25, 0.3) is 0 Å². The van der Waals surface area contributed by atoms with Gasteiger partial charge in [-0.15, -0.1) is 0 Å². The van der Waals surface area contributed by atoms with Crippen molar-refractivity contribution in [2.24, 2.45) is 0 Å². The Morgan fingerprint density at radius 2 is 2.05 bits per heavy atom. The van der Waals surface area contributed by atoms with Crippen LogP contribution in [-0.2, 0) is 0 Å². The first-order chi connectivity index (χ1) is 9.24. The van der Waals surface area contributed by atoms with E-state index < -0.39 is 0 Å². The first-order valence-corrected chi connectivity index (χ1v) is 6.64. The van der Waals surface area contributed by atoms with Crippen LogP contribution in [0.5, 0.6) is 11.5 Å². The van der Waals surface area contributed by atoms with Crippen LogP contribution in [0.1, 0.15) is 31.7 Å². The molecule has 1 aromatic heterocycles. The Labute approximate surface area is 114 Å². The van der Waals surface area contributed by atoms with Gasteiger partial charge in [0.2, 0.25) is 0 Å². The zero-order chi connectivity index (χ0) is 13.7. The molecule has 2 aromatic rings. The number of anilines is 1. The van der Waals surface area contributed by atoms with E-state index >= 15 is 0 Å². The fraction of sp³-hybridized carbons (Fsp3) is 0.312. The topological polar surface area (TPSA) is 34.1 Å². The summed E-state index contributed by atoms with van der Waals surface area (Å²) in [5.74, 6) is 2.14. The summed E-state index contributed by atoms with van der Waals surface area (Å²) in [6.45, 7) is 4.40. The van der Waals surface area contributed by atoms with Crippen LogP contribution in [-0.4, -0.2) is 12.0 Å². The van der Waals surface area contributed by atoms with E-state index in [9.17, 15) is 0 Å². The summed E-state index contributed by atoms with van der Waals surface area (Å²) >= 11 is 0. The number of aromatic nitrogens is 1. The standard InChI is InChI=1S/C16H20N2O/c1-4-12(2)15-7-5-6-8-16(15)19-14-9-13(17-3)10-18-11-14/h5-12,17H,4H2,1-3H3. The molecule has 1 aromatic carbocycles. The number of rotatable bonds is 5. The fourth-order valence-corrected chi connectivity index (χ4v) is 1.94. The van der Waals surface area contributed by atoms with Crippen LogP contribution in [0.3, 0.4) is 0 Å². The molecular formula is C16H20N2O. The van der Waals surface area contributed by atoms with E-state index in [2.05, 4.69) is 36.3 Å². The van der Waals surface area contributed by atoms with Gasteiger partial charge >= 0.3 is 0 Å². The Balaban J connectivity index is 2.27. The average molecular weight is 256 g/mol. The number of pyridine rings is 1. The highest BCUT2D eigenvalue weighted by molar-refractivity contribution is 5.47. The van der Waals surface area contributed by atoms with Crippen LogP contribution in [0.2, 0.25) is 0 Å². The molecule has 1 atom stereocenters. The number of benzene rings is 1. The van der Waals surface area contributed by atoms with Crippen LogP contribution in [0, 0.1) is 0 Å². The molecule has 1 unspecified atom stereocenters. The van der Waals surface area contributed by atoms with E-state index in [0.29, 0.717) is 5.92 Å². The molecule has 1 heterocycles. The van der Waals surface area contributed by atoms with Crippen molar-refractivity contribution in [2.45, 2.75) is 26.2 Å². The monoisotopic (exact) mass is 256 g/mol. The van der Waals surface area contributed by atoms with E-state index in [4.69, 9.17) is 4.74 Å². The van der Waals surface area contributed by atoms with Crippen molar-refractivity contribution >= 4 is 5.69 Å². The summed E-state index contributed by atoms with van der Waals surface area (Å²) < 4.78 is 5.97. The fourth-order valence-electron chi connectivity index (χ4n) is 1.94. The Morgan fingerprint density at radius 3 is 2.79 bits per heavy atom. The normalized spacial score (nSPS) is 11.9. The van der Waals surface area contributed by atoms with E-state index in [0.717, 1.165) is 23.6 Å². The van der Waals surface area contributed by atoms with Gasteiger partial charge in [-0.2, -0.15) is 0 Å². The van der Waals surface area contributed by atoms with Crippen molar-refractivity contribution < 1.29 is 4.74 Å². The van der Waals surface area contributed by atoms with Crippen LogP contribution in [0.25, 0.3) is 0 Å². The lowest BCUT2D eigenvalue weighted by Crippen LogP contribution is -1.97. The average Bonchev–Trinajstić information content (AvgIpc) is 2.47. The van der Waals surface area contributed by atoms with Gasteiger partial charge < -0.3 is 10.1 Å². The SMILES string of the molecule is CCC(C)c1ccccc1Oc1cncc(NC)c1. The van der Waals surface area contributed by atoms with Gasteiger partial charge in [0.05, 0.1) is 18.1 Å². The van der Waals surface area contributed by atoms with Gasteiger partial charge in [-0.05, 0) is 24.0 Å². The number of hydrogen-bond donors (Lipinski definition) is 1. The third-order valence-corrected chi connectivity index (χ3v) is 3.29. The Hall–Kier alpha value is -2.03. The molecule has 1 N–H and O–H groups in total. The minimum atomic E-state index is 0.483. The molecule has 0 radical (unpaired) electrons. The molecule has 0 saturated carbocycles. The number of nitrogens with one attached hydrogen (secondary N) is 1. The van der Waals surface area contributed by atoms with Crippen molar-refractivity contribution in [3.8, 4) is 11.5 Å². The lowest BCUT2D eigenvalue weighted by molar-refractivity contribution is 0.468. The van der Waals surface area contributed by atoms with Gasteiger partial charge in [-0.3, -0.25) is 4.98 Å². The minimum Gasteiger partial charge on any atom is -0.455 e. The number of para-hydroxylation sites is 1. The van der Waals surface area contributed by atoms with E-state index in [1.807, 2.05) is 25.2 Å². The Morgan fingerprint density at radius 1 is 1.26 bits per heavy atom. The molecule has 0 amide bonds. The summed E-state index contributed by atoms with van der Waals surface area (Å²) in [5.41, 5.74) is 2.18. The summed E-state index contributed by atoms with van der Waals surface area (Å²) in [7, 11) is 1.87. The summed E-state index contributed by atoms with van der Waals surface area (Å²) in [6, 6.07) is 10.1. The molecule has 19 heavy (non-hydrogen) atoms. The molecule has 0 spiro atoms. The van der Waals surface area contributed by atoms with Crippen LogP contribution in [0.15, 0.2) is 42.7 Å². The minimum absolute atomic E-state index is 0.483. The summed E-state index contributed by atoms with van der Waals surface area (Å²) in [5, 5.41) is 3.06. The quantitative estimate of drug-likeness (QED) is 0.859. The Bertz CT molecular complexity index is 540. The van der Waals surface area contributed by atoms with E-state index in [1.54, 1.807) is 12.4 Å². The second-order valence-corrected chi connectivity index (χ2v) is 4.61. The molecule has 0 fully saturated rings. The predicted molar refractivity (Wildman–Crippen MR) is 79.0 cm³/mol. The zero-order valence-electron chi connectivity index (χ0n) is 11.7. The Kier molecular flexibility index (Phi) is 4.39. The lowest BCUT2D eigenvalue weighted by atomic mass is 9.98.